The van der Waals surface area contributed by atoms with Gasteiger partial charge in [0.2, 0.25) is 5.95 Å². The van der Waals surface area contributed by atoms with E-state index in [0.29, 0.717) is 0 Å². The number of hydrogen-bond acceptors (Lipinski definition) is 4. The van der Waals surface area contributed by atoms with Crippen molar-refractivity contribution in [3.63, 3.8) is 0 Å². The van der Waals surface area contributed by atoms with Crippen LogP contribution in [0, 0.1) is 17.5 Å². The van der Waals surface area contributed by atoms with Gasteiger partial charge in [-0.15, -0.1) is 5.10 Å². The number of hydrogen-bond donors (Lipinski definition) is 1. The molecule has 2 N–H and O–H groups in total. The number of anilines is 1. The van der Waals surface area contributed by atoms with Gasteiger partial charge in [0.1, 0.15) is 6.33 Å². The smallest absolute Gasteiger partial charge is 0.252 e. The molecule has 1 heterocycles. The van der Waals surface area contributed by atoms with Crippen LogP contribution in [0.1, 0.15) is 10.4 Å². The summed E-state index contributed by atoms with van der Waals surface area (Å²) in [5.41, 5.74) is 4.93. The zero-order valence-electron chi connectivity index (χ0n) is 8.90. The molecule has 0 saturated heterocycles. The van der Waals surface area contributed by atoms with Crippen molar-refractivity contribution in [2.24, 2.45) is 0 Å². The first-order valence-corrected chi connectivity index (χ1v) is 4.81. The molecular weight excluding hydrogens is 249 g/mol. The Labute approximate surface area is 99.0 Å². The molecule has 0 unspecified atom stereocenters. The Morgan fingerprint density at radius 2 is 2.00 bits per heavy atom. The molecule has 0 aliphatic rings. The number of halogens is 3. The third-order valence-corrected chi connectivity index (χ3v) is 2.22. The monoisotopic (exact) mass is 256 g/mol. The highest BCUT2D eigenvalue weighted by molar-refractivity contribution is 5.80. The van der Waals surface area contributed by atoms with Crippen LogP contribution < -0.4 is 5.73 Å². The summed E-state index contributed by atoms with van der Waals surface area (Å²) < 4.78 is 39.7. The van der Waals surface area contributed by atoms with Crippen LogP contribution in [-0.2, 0) is 6.42 Å². The Balaban J connectivity index is 2.25. The molecule has 0 spiro atoms. The molecule has 1 aromatic carbocycles. The molecule has 18 heavy (non-hydrogen) atoms. The second kappa shape index (κ2) is 4.47. The zero-order chi connectivity index (χ0) is 13.3. The normalized spacial score (nSPS) is 10.6. The Bertz CT molecular complexity index is 611. The summed E-state index contributed by atoms with van der Waals surface area (Å²) >= 11 is 0. The minimum atomic E-state index is -1.61. The molecule has 0 fully saturated rings. The van der Waals surface area contributed by atoms with Crippen molar-refractivity contribution < 1.29 is 18.0 Å². The molecule has 0 amide bonds. The minimum Gasteiger partial charge on any atom is -0.366 e. The summed E-state index contributed by atoms with van der Waals surface area (Å²) in [4.78, 5) is 15.1. The highest BCUT2D eigenvalue weighted by Gasteiger charge is 2.17. The SMILES string of the molecule is Nc1ncn(C(=O)Cc2ccc(F)c(F)c2F)n1. The summed E-state index contributed by atoms with van der Waals surface area (Å²) in [6.45, 7) is 0. The Kier molecular flexibility index (Phi) is 3.00. The quantitative estimate of drug-likeness (QED) is 0.818. The van der Waals surface area contributed by atoms with E-state index in [1.165, 1.54) is 0 Å². The van der Waals surface area contributed by atoms with Crippen molar-refractivity contribution in [3.8, 4) is 0 Å². The van der Waals surface area contributed by atoms with E-state index in [1.807, 2.05) is 0 Å². The van der Waals surface area contributed by atoms with Gasteiger partial charge < -0.3 is 5.73 Å². The molecule has 5 nitrogen and oxygen atoms in total. The van der Waals surface area contributed by atoms with E-state index in [2.05, 4.69) is 10.1 Å². The molecule has 1 aromatic heterocycles. The summed E-state index contributed by atoms with van der Waals surface area (Å²) in [6.07, 6.45) is 0.571. The molecule has 2 rings (SSSR count). The number of carbonyl (C=O) groups excluding carboxylic acids is 1. The topological polar surface area (TPSA) is 73.8 Å². The van der Waals surface area contributed by atoms with Crippen LogP contribution in [0.4, 0.5) is 19.1 Å². The molecule has 2 aromatic rings. The molecule has 0 radical (unpaired) electrons. The Morgan fingerprint density at radius 1 is 1.28 bits per heavy atom. The van der Waals surface area contributed by atoms with Gasteiger partial charge in [0, 0.05) is 5.56 Å². The molecule has 94 valence electrons. The molecule has 0 bridgehead atoms. The largest absolute Gasteiger partial charge is 0.366 e. The lowest BCUT2D eigenvalue weighted by Crippen LogP contribution is -2.15. The Morgan fingerprint density at radius 3 is 2.61 bits per heavy atom. The van der Waals surface area contributed by atoms with Crippen molar-refractivity contribution in [2.45, 2.75) is 6.42 Å². The van der Waals surface area contributed by atoms with Crippen LogP contribution in [0.15, 0.2) is 18.5 Å². The van der Waals surface area contributed by atoms with Crippen LogP contribution in [0.2, 0.25) is 0 Å². The fourth-order valence-corrected chi connectivity index (χ4v) is 1.34. The Hall–Kier alpha value is -2.38. The lowest BCUT2D eigenvalue weighted by Gasteiger charge is -2.03. The summed E-state index contributed by atoms with van der Waals surface area (Å²) in [5, 5.41) is 3.52. The van der Waals surface area contributed by atoms with E-state index < -0.39 is 29.8 Å². The second-order valence-corrected chi connectivity index (χ2v) is 3.45. The second-order valence-electron chi connectivity index (χ2n) is 3.45. The number of nitrogens with zero attached hydrogens (tertiary/aromatic N) is 3. The van der Waals surface area contributed by atoms with Gasteiger partial charge in [0.25, 0.3) is 5.91 Å². The lowest BCUT2D eigenvalue weighted by atomic mass is 10.1. The van der Waals surface area contributed by atoms with Crippen LogP contribution in [-0.4, -0.2) is 20.7 Å². The maximum absolute atomic E-state index is 13.3. The van der Waals surface area contributed by atoms with Gasteiger partial charge in [0.15, 0.2) is 17.5 Å². The number of benzene rings is 1. The molecule has 8 heteroatoms. The molecule has 0 saturated carbocycles. The van der Waals surface area contributed by atoms with E-state index in [-0.39, 0.29) is 11.5 Å². The summed E-state index contributed by atoms with van der Waals surface area (Å²) in [5.74, 6) is -5.10. The molecule has 0 aliphatic carbocycles. The fraction of sp³-hybridized carbons (Fsp3) is 0.100. The van der Waals surface area contributed by atoms with Crippen molar-refractivity contribution >= 4 is 11.9 Å². The number of rotatable bonds is 2. The fourth-order valence-electron chi connectivity index (χ4n) is 1.34. The maximum atomic E-state index is 13.3. The molecular formula is C10H7F3N4O. The van der Waals surface area contributed by atoms with E-state index >= 15 is 0 Å². The van der Waals surface area contributed by atoms with Gasteiger partial charge in [-0.05, 0) is 6.07 Å². The zero-order valence-corrected chi connectivity index (χ0v) is 8.90. The van der Waals surface area contributed by atoms with E-state index in [0.717, 1.165) is 23.1 Å². The minimum absolute atomic E-state index is 0.117. The first-order valence-electron chi connectivity index (χ1n) is 4.81. The molecule has 0 aliphatic heterocycles. The van der Waals surface area contributed by atoms with Crippen molar-refractivity contribution in [2.75, 3.05) is 5.73 Å². The van der Waals surface area contributed by atoms with Gasteiger partial charge in [-0.2, -0.15) is 4.68 Å². The van der Waals surface area contributed by atoms with Crippen molar-refractivity contribution in [1.82, 2.24) is 14.8 Å². The van der Waals surface area contributed by atoms with Crippen molar-refractivity contribution in [3.05, 3.63) is 41.5 Å². The predicted octanol–water partition coefficient (Wildman–Crippen LogP) is 1.16. The lowest BCUT2D eigenvalue weighted by molar-refractivity contribution is 0.0897. The number of nitrogens with two attached hydrogens (primary N) is 1. The van der Waals surface area contributed by atoms with Crippen LogP contribution in [0.5, 0.6) is 0 Å². The van der Waals surface area contributed by atoms with Crippen molar-refractivity contribution in [1.29, 1.82) is 0 Å². The highest BCUT2D eigenvalue weighted by atomic mass is 19.2. The van der Waals surface area contributed by atoms with Crippen LogP contribution in [0.3, 0.4) is 0 Å². The van der Waals surface area contributed by atoms with Crippen LogP contribution >= 0.6 is 0 Å². The summed E-state index contributed by atoms with van der Waals surface area (Å²) in [6, 6.07) is 1.74. The van der Waals surface area contributed by atoms with Gasteiger partial charge in [-0.3, -0.25) is 4.79 Å². The summed E-state index contributed by atoms with van der Waals surface area (Å²) in [7, 11) is 0. The predicted molar refractivity (Wildman–Crippen MR) is 55.1 cm³/mol. The van der Waals surface area contributed by atoms with Gasteiger partial charge in [0.05, 0.1) is 6.42 Å². The number of carbonyl (C=O) groups is 1. The average molecular weight is 256 g/mol. The first kappa shape index (κ1) is 12.1. The average Bonchev–Trinajstić information content (AvgIpc) is 2.77. The van der Waals surface area contributed by atoms with E-state index in [4.69, 9.17) is 5.73 Å². The standard InChI is InChI=1S/C10H7F3N4O/c11-6-2-1-5(8(12)9(6)13)3-7(18)17-4-15-10(14)16-17/h1-2,4H,3H2,(H2,14,16). The maximum Gasteiger partial charge on any atom is 0.252 e. The highest BCUT2D eigenvalue weighted by Crippen LogP contribution is 2.16. The van der Waals surface area contributed by atoms with E-state index in [1.54, 1.807) is 0 Å². The van der Waals surface area contributed by atoms with Gasteiger partial charge in [-0.1, -0.05) is 6.07 Å². The van der Waals surface area contributed by atoms with Gasteiger partial charge in [-0.25, -0.2) is 18.2 Å². The molecule has 0 atom stereocenters. The third kappa shape index (κ3) is 2.17. The van der Waals surface area contributed by atoms with Gasteiger partial charge >= 0.3 is 0 Å². The third-order valence-electron chi connectivity index (χ3n) is 2.22. The number of nitrogen functional groups attached to an aromatic ring is 1. The van der Waals surface area contributed by atoms with Crippen LogP contribution in [0.25, 0.3) is 0 Å². The van der Waals surface area contributed by atoms with E-state index in [9.17, 15) is 18.0 Å². The number of aromatic nitrogens is 3. The first-order chi connectivity index (χ1) is 8.49.